The molecule has 1 heterocycles. The van der Waals surface area contributed by atoms with Crippen molar-refractivity contribution in [1.82, 2.24) is 9.78 Å². The number of aliphatic hydroxyl groups is 1. The van der Waals surface area contributed by atoms with Crippen molar-refractivity contribution in [1.29, 1.82) is 0 Å². The molecule has 0 saturated carbocycles. The van der Waals surface area contributed by atoms with Gasteiger partial charge in [0.05, 0.1) is 11.8 Å². The van der Waals surface area contributed by atoms with E-state index in [0.717, 1.165) is 41.0 Å². The van der Waals surface area contributed by atoms with E-state index in [0.29, 0.717) is 11.8 Å². The maximum atomic E-state index is 9.89. The van der Waals surface area contributed by atoms with Crippen molar-refractivity contribution in [2.45, 2.75) is 32.5 Å². The molecule has 0 amide bonds. The monoisotopic (exact) mass is 292 g/mol. The minimum Gasteiger partial charge on any atom is -0.488 e. The Morgan fingerprint density at radius 2 is 2.30 bits per heavy atom. The highest BCUT2D eigenvalue weighted by Crippen LogP contribution is 2.37. The van der Waals surface area contributed by atoms with Gasteiger partial charge in [-0.25, -0.2) is 0 Å². The molecule has 0 fully saturated rings. The Morgan fingerprint density at radius 3 is 3.00 bits per heavy atom. The third-order valence-corrected chi connectivity index (χ3v) is 4.31. The number of rotatable bonds is 3. The third kappa shape index (κ3) is 2.19. The molecule has 106 valence electrons. The van der Waals surface area contributed by atoms with E-state index in [2.05, 4.69) is 5.10 Å². The van der Waals surface area contributed by atoms with Crippen LogP contribution in [-0.4, -0.2) is 14.9 Å². The first-order valence-corrected chi connectivity index (χ1v) is 7.06. The van der Waals surface area contributed by atoms with Crippen LogP contribution in [0.1, 0.15) is 34.9 Å². The molecule has 1 aliphatic carbocycles. The zero-order valence-electron chi connectivity index (χ0n) is 11.6. The van der Waals surface area contributed by atoms with Crippen LogP contribution in [0.3, 0.4) is 0 Å². The van der Waals surface area contributed by atoms with E-state index in [1.54, 1.807) is 4.68 Å². The standard InChI is InChI=1S/C15H17ClN2O2/c1-9-12(15(16)18(2)17-9)8-20-14-5-3-4-10-11(14)6-7-13(10)19/h3-5,13,19H,6-8H2,1-2H3. The second kappa shape index (κ2) is 5.11. The number of aliphatic hydroxyl groups excluding tert-OH is 1. The van der Waals surface area contributed by atoms with E-state index in [1.807, 2.05) is 32.2 Å². The van der Waals surface area contributed by atoms with E-state index in [9.17, 15) is 5.11 Å². The number of halogens is 1. The summed E-state index contributed by atoms with van der Waals surface area (Å²) < 4.78 is 7.56. The summed E-state index contributed by atoms with van der Waals surface area (Å²) in [6, 6.07) is 5.82. The molecule has 1 aromatic carbocycles. The second-order valence-electron chi connectivity index (χ2n) is 5.15. The molecule has 5 heteroatoms. The van der Waals surface area contributed by atoms with Gasteiger partial charge in [0.1, 0.15) is 17.5 Å². The topological polar surface area (TPSA) is 47.3 Å². The number of nitrogens with zero attached hydrogens (tertiary/aromatic N) is 2. The van der Waals surface area contributed by atoms with E-state index in [4.69, 9.17) is 16.3 Å². The zero-order valence-corrected chi connectivity index (χ0v) is 12.3. The highest BCUT2D eigenvalue weighted by atomic mass is 35.5. The fourth-order valence-electron chi connectivity index (χ4n) is 2.72. The lowest BCUT2D eigenvalue weighted by molar-refractivity contribution is 0.180. The van der Waals surface area contributed by atoms with Gasteiger partial charge < -0.3 is 9.84 Å². The smallest absolute Gasteiger partial charge is 0.133 e. The summed E-state index contributed by atoms with van der Waals surface area (Å²) in [4.78, 5) is 0. The molecule has 2 aromatic rings. The minimum absolute atomic E-state index is 0.364. The van der Waals surface area contributed by atoms with Gasteiger partial charge in [-0.15, -0.1) is 0 Å². The summed E-state index contributed by atoms with van der Waals surface area (Å²) in [5.41, 5.74) is 3.88. The predicted molar refractivity (Wildman–Crippen MR) is 77.0 cm³/mol. The van der Waals surface area contributed by atoms with Crippen LogP contribution in [0.4, 0.5) is 0 Å². The average molecular weight is 293 g/mol. The number of benzene rings is 1. The summed E-state index contributed by atoms with van der Waals surface area (Å²) in [5, 5.41) is 14.8. The van der Waals surface area contributed by atoms with Gasteiger partial charge in [0, 0.05) is 18.2 Å². The molecule has 4 nitrogen and oxygen atoms in total. The van der Waals surface area contributed by atoms with Crippen LogP contribution < -0.4 is 4.74 Å². The lowest BCUT2D eigenvalue weighted by Gasteiger charge is -2.11. The maximum absolute atomic E-state index is 9.89. The number of hydrogen-bond acceptors (Lipinski definition) is 3. The Bertz CT molecular complexity index is 652. The normalized spacial score (nSPS) is 17.3. The minimum atomic E-state index is -0.364. The van der Waals surface area contributed by atoms with Crippen LogP contribution in [0, 0.1) is 6.92 Å². The Labute approximate surface area is 122 Å². The molecule has 1 unspecified atom stereocenters. The van der Waals surface area contributed by atoms with Crippen molar-refractivity contribution in [2.75, 3.05) is 0 Å². The molecule has 0 spiro atoms. The van der Waals surface area contributed by atoms with Gasteiger partial charge in [0.25, 0.3) is 0 Å². The van der Waals surface area contributed by atoms with E-state index in [1.165, 1.54) is 0 Å². The number of aryl methyl sites for hydroxylation is 2. The molecule has 1 N–H and O–H groups in total. The number of aromatic nitrogens is 2. The number of ether oxygens (including phenoxy) is 1. The molecule has 20 heavy (non-hydrogen) atoms. The van der Waals surface area contributed by atoms with E-state index < -0.39 is 0 Å². The average Bonchev–Trinajstić information content (AvgIpc) is 2.91. The van der Waals surface area contributed by atoms with Crippen LogP contribution >= 0.6 is 11.6 Å². The molecule has 0 aliphatic heterocycles. The highest BCUT2D eigenvalue weighted by molar-refractivity contribution is 6.30. The molecule has 1 aliphatic rings. The van der Waals surface area contributed by atoms with Crippen molar-refractivity contribution in [3.63, 3.8) is 0 Å². The first kappa shape index (κ1) is 13.5. The van der Waals surface area contributed by atoms with Crippen molar-refractivity contribution in [3.05, 3.63) is 45.7 Å². The molecular weight excluding hydrogens is 276 g/mol. The van der Waals surface area contributed by atoms with E-state index in [-0.39, 0.29) is 6.10 Å². The van der Waals surface area contributed by atoms with Crippen LogP contribution in [-0.2, 0) is 20.1 Å². The van der Waals surface area contributed by atoms with Gasteiger partial charge in [-0.2, -0.15) is 5.10 Å². The van der Waals surface area contributed by atoms with Gasteiger partial charge in [-0.1, -0.05) is 23.7 Å². The number of fused-ring (bicyclic) bond motifs is 1. The van der Waals surface area contributed by atoms with Gasteiger partial charge in [0.15, 0.2) is 0 Å². The van der Waals surface area contributed by atoms with Crippen molar-refractivity contribution >= 4 is 11.6 Å². The number of hydrogen-bond donors (Lipinski definition) is 1. The summed E-state index contributed by atoms with van der Waals surface area (Å²) in [7, 11) is 1.81. The lowest BCUT2D eigenvalue weighted by atomic mass is 10.1. The van der Waals surface area contributed by atoms with Crippen molar-refractivity contribution in [2.24, 2.45) is 7.05 Å². The summed E-state index contributed by atoms with van der Waals surface area (Å²) in [6.07, 6.45) is 1.26. The third-order valence-electron chi connectivity index (χ3n) is 3.84. The molecule has 1 atom stereocenters. The Hall–Kier alpha value is -1.52. The Kier molecular flexibility index (Phi) is 3.44. The van der Waals surface area contributed by atoms with Crippen LogP contribution in [0.2, 0.25) is 5.15 Å². The second-order valence-corrected chi connectivity index (χ2v) is 5.50. The Balaban J connectivity index is 1.83. The van der Waals surface area contributed by atoms with Crippen molar-refractivity contribution < 1.29 is 9.84 Å². The van der Waals surface area contributed by atoms with Gasteiger partial charge in [0.2, 0.25) is 0 Å². The maximum Gasteiger partial charge on any atom is 0.133 e. The molecular formula is C15H17ClN2O2. The largest absolute Gasteiger partial charge is 0.488 e. The SMILES string of the molecule is Cc1nn(C)c(Cl)c1COc1cccc2c1CCC2O. The first-order chi connectivity index (χ1) is 9.58. The summed E-state index contributed by atoms with van der Waals surface area (Å²) >= 11 is 6.20. The van der Waals surface area contributed by atoms with Crippen LogP contribution in [0.15, 0.2) is 18.2 Å². The summed E-state index contributed by atoms with van der Waals surface area (Å²) in [6.45, 7) is 2.31. The van der Waals surface area contributed by atoms with Crippen LogP contribution in [0.5, 0.6) is 5.75 Å². The molecule has 1 aromatic heterocycles. The molecule has 0 radical (unpaired) electrons. The fraction of sp³-hybridized carbons (Fsp3) is 0.400. The quantitative estimate of drug-likeness (QED) is 0.946. The van der Waals surface area contributed by atoms with E-state index >= 15 is 0 Å². The van der Waals surface area contributed by atoms with Crippen molar-refractivity contribution in [3.8, 4) is 5.75 Å². The summed E-state index contributed by atoms with van der Waals surface area (Å²) in [5.74, 6) is 0.832. The van der Waals surface area contributed by atoms with Gasteiger partial charge >= 0.3 is 0 Å². The fourth-order valence-corrected chi connectivity index (χ4v) is 2.95. The van der Waals surface area contributed by atoms with Gasteiger partial charge in [-0.05, 0) is 31.4 Å². The predicted octanol–water partition coefficient (Wildman–Crippen LogP) is 2.94. The molecule has 3 rings (SSSR count). The Morgan fingerprint density at radius 1 is 1.50 bits per heavy atom. The molecule has 0 bridgehead atoms. The molecule has 0 saturated heterocycles. The first-order valence-electron chi connectivity index (χ1n) is 6.68. The van der Waals surface area contributed by atoms with Crippen LogP contribution in [0.25, 0.3) is 0 Å². The lowest BCUT2D eigenvalue weighted by Crippen LogP contribution is -2.00. The zero-order chi connectivity index (χ0) is 14.3. The highest BCUT2D eigenvalue weighted by Gasteiger charge is 2.23. The van der Waals surface area contributed by atoms with Gasteiger partial charge in [-0.3, -0.25) is 4.68 Å².